The molecule has 0 saturated heterocycles. The van der Waals surface area contributed by atoms with Gasteiger partial charge in [0, 0.05) is 11.9 Å². The number of nitrogens with zero attached hydrogens (tertiary/aromatic N) is 1. The van der Waals surface area contributed by atoms with Crippen molar-refractivity contribution in [3.8, 4) is 0 Å². The van der Waals surface area contributed by atoms with E-state index in [4.69, 9.17) is 4.74 Å². The van der Waals surface area contributed by atoms with Crippen LogP contribution < -0.4 is 5.32 Å². The zero-order valence-electron chi connectivity index (χ0n) is 12.9. The standard InChI is InChI=1S/C17H15FN2O3S/c1-23-17(22)14-8-12-5-6-24-16(12)20(14)10-15(21)19-9-11-3-2-4-13(18)7-11/h2-8H,9-10H2,1H3,(H,19,21). The summed E-state index contributed by atoms with van der Waals surface area (Å²) < 4.78 is 19.6. The van der Waals surface area contributed by atoms with Crippen LogP contribution in [0, 0.1) is 5.82 Å². The van der Waals surface area contributed by atoms with Gasteiger partial charge in [-0.15, -0.1) is 11.3 Å². The highest BCUT2D eigenvalue weighted by Crippen LogP contribution is 2.25. The van der Waals surface area contributed by atoms with E-state index in [1.54, 1.807) is 22.8 Å². The van der Waals surface area contributed by atoms with Crippen LogP contribution in [0.2, 0.25) is 0 Å². The second kappa shape index (κ2) is 6.84. The molecule has 0 aliphatic carbocycles. The quantitative estimate of drug-likeness (QED) is 0.723. The maximum absolute atomic E-state index is 13.1. The Kier molecular flexibility index (Phi) is 4.61. The van der Waals surface area contributed by atoms with Crippen LogP contribution in [0.3, 0.4) is 0 Å². The molecule has 0 aliphatic rings. The maximum atomic E-state index is 13.1. The number of ether oxygens (including phenoxy) is 1. The first-order chi connectivity index (χ1) is 11.6. The average molecular weight is 346 g/mol. The largest absolute Gasteiger partial charge is 0.464 e. The number of halogens is 1. The molecule has 2 heterocycles. The maximum Gasteiger partial charge on any atom is 0.354 e. The third-order valence-electron chi connectivity index (χ3n) is 3.58. The van der Waals surface area contributed by atoms with Gasteiger partial charge in [-0.3, -0.25) is 4.79 Å². The lowest BCUT2D eigenvalue weighted by Crippen LogP contribution is -2.28. The number of fused-ring (bicyclic) bond motifs is 1. The molecule has 1 amide bonds. The predicted molar refractivity (Wildman–Crippen MR) is 89.4 cm³/mol. The minimum atomic E-state index is -0.490. The summed E-state index contributed by atoms with van der Waals surface area (Å²) in [6.07, 6.45) is 0. The van der Waals surface area contributed by atoms with E-state index in [9.17, 15) is 14.0 Å². The topological polar surface area (TPSA) is 60.3 Å². The average Bonchev–Trinajstić information content (AvgIpc) is 3.15. The lowest BCUT2D eigenvalue weighted by atomic mass is 10.2. The summed E-state index contributed by atoms with van der Waals surface area (Å²) in [7, 11) is 1.30. The number of thiophene rings is 1. The Bertz CT molecular complexity index is 900. The molecule has 0 unspecified atom stereocenters. The molecule has 1 aromatic carbocycles. The van der Waals surface area contributed by atoms with E-state index >= 15 is 0 Å². The highest BCUT2D eigenvalue weighted by molar-refractivity contribution is 7.16. The lowest BCUT2D eigenvalue weighted by molar-refractivity contribution is -0.121. The molecule has 124 valence electrons. The van der Waals surface area contributed by atoms with Crippen molar-refractivity contribution in [1.29, 1.82) is 0 Å². The fraction of sp³-hybridized carbons (Fsp3) is 0.176. The highest BCUT2D eigenvalue weighted by Gasteiger charge is 2.18. The summed E-state index contributed by atoms with van der Waals surface area (Å²) in [5.74, 6) is -1.10. The number of aromatic nitrogens is 1. The van der Waals surface area contributed by atoms with Crippen molar-refractivity contribution in [2.45, 2.75) is 13.1 Å². The SMILES string of the molecule is COC(=O)c1cc2ccsc2n1CC(=O)NCc1cccc(F)c1. The molecule has 2 aromatic heterocycles. The highest BCUT2D eigenvalue weighted by atomic mass is 32.1. The van der Waals surface area contributed by atoms with Crippen molar-refractivity contribution in [1.82, 2.24) is 9.88 Å². The van der Waals surface area contributed by atoms with Crippen LogP contribution in [-0.2, 0) is 22.6 Å². The molecule has 0 aliphatic heterocycles. The molecular weight excluding hydrogens is 331 g/mol. The molecule has 3 aromatic rings. The number of hydrogen-bond acceptors (Lipinski definition) is 4. The van der Waals surface area contributed by atoms with E-state index in [2.05, 4.69) is 5.32 Å². The van der Waals surface area contributed by atoms with Crippen LogP contribution in [0.15, 0.2) is 41.8 Å². The first-order valence-electron chi connectivity index (χ1n) is 7.24. The number of rotatable bonds is 5. The first-order valence-corrected chi connectivity index (χ1v) is 8.12. The number of carbonyl (C=O) groups is 2. The Morgan fingerprint density at radius 1 is 1.29 bits per heavy atom. The second-order valence-electron chi connectivity index (χ2n) is 5.20. The summed E-state index contributed by atoms with van der Waals surface area (Å²) in [5.41, 5.74) is 1.01. The third kappa shape index (κ3) is 3.30. The van der Waals surface area contributed by atoms with E-state index in [1.807, 2.05) is 11.4 Å². The minimum Gasteiger partial charge on any atom is -0.464 e. The number of amides is 1. The fourth-order valence-corrected chi connectivity index (χ4v) is 3.35. The van der Waals surface area contributed by atoms with Gasteiger partial charge < -0.3 is 14.6 Å². The van der Waals surface area contributed by atoms with Crippen LogP contribution in [0.1, 0.15) is 16.1 Å². The van der Waals surface area contributed by atoms with Gasteiger partial charge in [0.2, 0.25) is 5.91 Å². The molecule has 1 N–H and O–H groups in total. The Morgan fingerprint density at radius 3 is 2.88 bits per heavy atom. The number of nitrogens with one attached hydrogen (secondary N) is 1. The van der Waals surface area contributed by atoms with Crippen molar-refractivity contribution in [2.24, 2.45) is 0 Å². The fourth-order valence-electron chi connectivity index (χ4n) is 2.45. The molecule has 0 fully saturated rings. The first kappa shape index (κ1) is 16.2. The van der Waals surface area contributed by atoms with Crippen molar-refractivity contribution < 1.29 is 18.7 Å². The molecule has 3 rings (SSSR count). The van der Waals surface area contributed by atoms with Gasteiger partial charge in [-0.1, -0.05) is 12.1 Å². The smallest absolute Gasteiger partial charge is 0.354 e. The normalized spacial score (nSPS) is 10.8. The molecule has 24 heavy (non-hydrogen) atoms. The molecule has 7 heteroatoms. The van der Waals surface area contributed by atoms with E-state index in [0.717, 1.165) is 10.2 Å². The van der Waals surface area contributed by atoms with Gasteiger partial charge in [0.1, 0.15) is 22.9 Å². The van der Waals surface area contributed by atoms with E-state index < -0.39 is 5.97 Å². The van der Waals surface area contributed by atoms with E-state index in [1.165, 1.54) is 30.6 Å². The lowest BCUT2D eigenvalue weighted by Gasteiger charge is -2.09. The van der Waals surface area contributed by atoms with Crippen LogP contribution in [0.4, 0.5) is 4.39 Å². The third-order valence-corrected chi connectivity index (χ3v) is 4.53. The van der Waals surface area contributed by atoms with E-state index in [-0.39, 0.29) is 24.8 Å². The number of esters is 1. The Hall–Kier alpha value is -2.67. The number of hydrogen-bond donors (Lipinski definition) is 1. The second-order valence-corrected chi connectivity index (χ2v) is 6.09. The van der Waals surface area contributed by atoms with Gasteiger partial charge in [0.05, 0.1) is 7.11 Å². The van der Waals surface area contributed by atoms with Gasteiger partial charge in [-0.05, 0) is 35.2 Å². The Balaban J connectivity index is 1.75. The van der Waals surface area contributed by atoms with Crippen molar-refractivity contribution in [3.63, 3.8) is 0 Å². The van der Waals surface area contributed by atoms with Crippen LogP contribution in [0.25, 0.3) is 10.2 Å². The van der Waals surface area contributed by atoms with Crippen LogP contribution in [0.5, 0.6) is 0 Å². The van der Waals surface area contributed by atoms with Gasteiger partial charge in [0.15, 0.2) is 0 Å². The zero-order chi connectivity index (χ0) is 17.1. The predicted octanol–water partition coefficient (Wildman–Crippen LogP) is 2.94. The van der Waals surface area contributed by atoms with Gasteiger partial charge in [-0.2, -0.15) is 0 Å². The van der Waals surface area contributed by atoms with Crippen molar-refractivity contribution in [3.05, 3.63) is 58.9 Å². The molecule has 0 saturated carbocycles. The summed E-state index contributed by atoms with van der Waals surface area (Å²) in [6, 6.07) is 9.63. The van der Waals surface area contributed by atoms with Gasteiger partial charge in [0.25, 0.3) is 0 Å². The van der Waals surface area contributed by atoms with Crippen molar-refractivity contribution >= 4 is 33.4 Å². The summed E-state index contributed by atoms with van der Waals surface area (Å²) in [5, 5.41) is 5.51. The monoisotopic (exact) mass is 346 g/mol. The van der Waals surface area contributed by atoms with Gasteiger partial charge in [-0.25, -0.2) is 9.18 Å². The number of carbonyl (C=O) groups excluding carboxylic acids is 2. The minimum absolute atomic E-state index is 0.0102. The number of methoxy groups -OCH3 is 1. The summed E-state index contributed by atoms with van der Waals surface area (Å²) >= 11 is 1.45. The molecule has 0 spiro atoms. The molecular formula is C17H15FN2O3S. The van der Waals surface area contributed by atoms with Crippen LogP contribution in [-0.4, -0.2) is 23.6 Å². The van der Waals surface area contributed by atoms with E-state index in [0.29, 0.717) is 11.3 Å². The Morgan fingerprint density at radius 2 is 2.12 bits per heavy atom. The molecule has 0 atom stereocenters. The zero-order valence-corrected chi connectivity index (χ0v) is 13.7. The van der Waals surface area contributed by atoms with Crippen LogP contribution >= 0.6 is 11.3 Å². The summed E-state index contributed by atoms with van der Waals surface area (Å²) in [4.78, 5) is 24.9. The molecule has 0 radical (unpaired) electrons. The molecule has 0 bridgehead atoms. The summed E-state index contributed by atoms with van der Waals surface area (Å²) in [6.45, 7) is 0.211. The Labute approximate surface area is 141 Å². The van der Waals surface area contributed by atoms with Crippen molar-refractivity contribution in [2.75, 3.05) is 7.11 Å². The number of benzene rings is 1. The molecule has 5 nitrogen and oxygen atoms in total. The van der Waals surface area contributed by atoms with Gasteiger partial charge >= 0.3 is 5.97 Å².